The number of nitrogens with two attached hydrogens (primary N) is 1. The number of anilines is 1. The Labute approximate surface area is 169 Å². The predicted molar refractivity (Wildman–Crippen MR) is 106 cm³/mol. The van der Waals surface area contributed by atoms with Crippen LogP contribution in [-0.2, 0) is 14.3 Å². The second-order valence-electron chi connectivity index (χ2n) is 8.03. The molecule has 2 amide bonds. The van der Waals surface area contributed by atoms with Crippen LogP contribution in [0.15, 0.2) is 18.2 Å². The lowest BCUT2D eigenvalue weighted by Crippen LogP contribution is -2.52. The van der Waals surface area contributed by atoms with Crippen molar-refractivity contribution in [3.8, 4) is 0 Å². The highest BCUT2D eigenvalue weighted by molar-refractivity contribution is 6.33. The predicted octanol–water partition coefficient (Wildman–Crippen LogP) is 2.08. The molecule has 1 aliphatic heterocycles. The van der Waals surface area contributed by atoms with Gasteiger partial charge in [0.05, 0.1) is 17.3 Å². The molecule has 3 rings (SSSR count). The number of hydrogen-bond donors (Lipinski definition) is 3. The van der Waals surface area contributed by atoms with Gasteiger partial charge in [0.1, 0.15) is 18.7 Å². The molecule has 1 aromatic rings. The fraction of sp³-hybridized carbons (Fsp3) is 0.550. The molecule has 1 aromatic carbocycles. The number of benzene rings is 1. The standard InChI is InChI=1S/C20H26ClN3O4/c1-20(6-2-3-7-20)9-15(19(27)24-16-10-28-11-17(16)25)23-18(26)12-4-5-14(22)13(21)8-12/h4-5,8,15-16H,2-3,6-7,9-11,22H2,1H3,(H,23,26)(H,24,27)/t15?,16-/m0/s1. The van der Waals surface area contributed by atoms with Crippen LogP contribution in [0.4, 0.5) is 5.69 Å². The summed E-state index contributed by atoms with van der Waals surface area (Å²) < 4.78 is 5.10. The Morgan fingerprint density at radius 1 is 1.36 bits per heavy atom. The van der Waals surface area contributed by atoms with Crippen LogP contribution in [0.2, 0.25) is 5.02 Å². The third-order valence-electron chi connectivity index (χ3n) is 5.63. The third kappa shape index (κ3) is 4.83. The van der Waals surface area contributed by atoms with Gasteiger partial charge in [0.25, 0.3) is 5.91 Å². The Bertz CT molecular complexity index is 777. The number of halogens is 1. The summed E-state index contributed by atoms with van der Waals surface area (Å²) in [4.78, 5) is 37.4. The molecule has 1 heterocycles. The lowest BCUT2D eigenvalue weighted by atomic mass is 9.81. The van der Waals surface area contributed by atoms with Gasteiger partial charge in [0.2, 0.25) is 5.91 Å². The number of Topliss-reactive ketones (excluding diaryl/α,β-unsaturated/α-hetero) is 1. The molecule has 0 spiro atoms. The summed E-state index contributed by atoms with van der Waals surface area (Å²) in [6.45, 7) is 2.30. The van der Waals surface area contributed by atoms with Crippen LogP contribution in [0.3, 0.4) is 0 Å². The van der Waals surface area contributed by atoms with E-state index in [4.69, 9.17) is 22.1 Å². The van der Waals surface area contributed by atoms with Gasteiger partial charge in [-0.1, -0.05) is 31.4 Å². The number of carbonyl (C=O) groups is 3. The number of amides is 2. The average Bonchev–Trinajstić information content (AvgIpc) is 3.25. The molecule has 1 unspecified atom stereocenters. The van der Waals surface area contributed by atoms with E-state index >= 15 is 0 Å². The van der Waals surface area contributed by atoms with Crippen molar-refractivity contribution in [1.82, 2.24) is 10.6 Å². The average molecular weight is 408 g/mol. The first-order valence-electron chi connectivity index (χ1n) is 9.54. The van der Waals surface area contributed by atoms with Gasteiger partial charge in [-0.05, 0) is 42.9 Å². The Morgan fingerprint density at radius 3 is 2.68 bits per heavy atom. The summed E-state index contributed by atoms with van der Waals surface area (Å²) in [6, 6.07) is 3.19. The highest BCUT2D eigenvalue weighted by Gasteiger charge is 2.37. The zero-order valence-corrected chi connectivity index (χ0v) is 16.7. The van der Waals surface area contributed by atoms with E-state index in [0.717, 1.165) is 25.7 Å². The molecule has 0 bridgehead atoms. The number of rotatable bonds is 6. The molecule has 1 saturated heterocycles. The first-order chi connectivity index (χ1) is 13.3. The monoisotopic (exact) mass is 407 g/mol. The molecule has 28 heavy (non-hydrogen) atoms. The summed E-state index contributed by atoms with van der Waals surface area (Å²) in [7, 11) is 0. The smallest absolute Gasteiger partial charge is 0.251 e. The molecule has 8 heteroatoms. The Hall–Kier alpha value is -2.12. The van der Waals surface area contributed by atoms with E-state index in [1.165, 1.54) is 6.07 Å². The van der Waals surface area contributed by atoms with Crippen LogP contribution in [0.5, 0.6) is 0 Å². The van der Waals surface area contributed by atoms with Crippen molar-refractivity contribution in [2.75, 3.05) is 18.9 Å². The molecule has 2 fully saturated rings. The summed E-state index contributed by atoms with van der Waals surface area (Å²) in [6.07, 6.45) is 4.75. The van der Waals surface area contributed by atoms with E-state index in [9.17, 15) is 14.4 Å². The Kier molecular flexibility index (Phi) is 6.25. The summed E-state index contributed by atoms with van der Waals surface area (Å²) in [5, 5.41) is 5.82. The highest BCUT2D eigenvalue weighted by Crippen LogP contribution is 2.41. The molecule has 0 aromatic heterocycles. The van der Waals surface area contributed by atoms with E-state index in [1.54, 1.807) is 12.1 Å². The summed E-state index contributed by atoms with van der Waals surface area (Å²) >= 11 is 6.01. The molecule has 2 atom stereocenters. The van der Waals surface area contributed by atoms with E-state index in [-0.39, 0.29) is 35.3 Å². The maximum atomic E-state index is 12.9. The maximum Gasteiger partial charge on any atom is 0.251 e. The van der Waals surface area contributed by atoms with Crippen molar-refractivity contribution >= 4 is 34.9 Å². The van der Waals surface area contributed by atoms with Crippen molar-refractivity contribution in [3.05, 3.63) is 28.8 Å². The fourth-order valence-corrected chi connectivity index (χ4v) is 4.09. The fourth-order valence-electron chi connectivity index (χ4n) is 3.91. The van der Waals surface area contributed by atoms with Crippen molar-refractivity contribution in [2.45, 2.75) is 51.1 Å². The molecule has 1 aliphatic carbocycles. The number of hydrogen-bond acceptors (Lipinski definition) is 5. The minimum atomic E-state index is -0.750. The van der Waals surface area contributed by atoms with Gasteiger partial charge in [-0.2, -0.15) is 0 Å². The van der Waals surface area contributed by atoms with Crippen molar-refractivity contribution in [1.29, 1.82) is 0 Å². The molecule has 4 N–H and O–H groups in total. The number of ketones is 1. The second kappa shape index (κ2) is 8.49. The lowest BCUT2D eigenvalue weighted by Gasteiger charge is -2.29. The third-order valence-corrected chi connectivity index (χ3v) is 5.95. The quantitative estimate of drug-likeness (QED) is 0.625. The van der Waals surface area contributed by atoms with Gasteiger partial charge < -0.3 is 21.1 Å². The number of ether oxygens (including phenoxy) is 1. The van der Waals surface area contributed by atoms with Gasteiger partial charge >= 0.3 is 0 Å². The SMILES string of the molecule is CC1(CC(NC(=O)c2ccc(N)c(Cl)c2)C(=O)N[C@H]2COCC2=O)CCCC1. The molecule has 152 valence electrons. The molecular weight excluding hydrogens is 382 g/mol. The van der Waals surface area contributed by atoms with Crippen LogP contribution < -0.4 is 16.4 Å². The highest BCUT2D eigenvalue weighted by atomic mass is 35.5. The van der Waals surface area contributed by atoms with Crippen LogP contribution >= 0.6 is 11.6 Å². The van der Waals surface area contributed by atoms with Crippen LogP contribution in [0, 0.1) is 5.41 Å². The zero-order valence-electron chi connectivity index (χ0n) is 15.9. The normalized spacial score (nSPS) is 22.1. The molecule has 0 radical (unpaired) electrons. The Morgan fingerprint density at radius 2 is 2.07 bits per heavy atom. The van der Waals surface area contributed by atoms with E-state index in [0.29, 0.717) is 17.7 Å². The van der Waals surface area contributed by atoms with Crippen molar-refractivity contribution in [2.24, 2.45) is 5.41 Å². The van der Waals surface area contributed by atoms with Crippen molar-refractivity contribution in [3.63, 3.8) is 0 Å². The Balaban J connectivity index is 1.74. The summed E-state index contributed by atoms with van der Waals surface area (Å²) in [5.74, 6) is -0.930. The minimum Gasteiger partial charge on any atom is -0.398 e. The first kappa shape index (κ1) is 20.6. The molecular formula is C20H26ClN3O4. The van der Waals surface area contributed by atoms with Crippen LogP contribution in [0.25, 0.3) is 0 Å². The number of nitrogen functional groups attached to an aromatic ring is 1. The number of carbonyl (C=O) groups excluding carboxylic acids is 3. The largest absolute Gasteiger partial charge is 0.398 e. The lowest BCUT2D eigenvalue weighted by molar-refractivity contribution is -0.127. The molecule has 2 aliphatic rings. The second-order valence-corrected chi connectivity index (χ2v) is 8.43. The van der Waals surface area contributed by atoms with E-state index in [2.05, 4.69) is 17.6 Å². The van der Waals surface area contributed by atoms with E-state index in [1.807, 2.05) is 0 Å². The summed E-state index contributed by atoms with van der Waals surface area (Å²) in [5.41, 5.74) is 6.38. The minimum absolute atomic E-state index is 0.00360. The topological polar surface area (TPSA) is 111 Å². The van der Waals surface area contributed by atoms with Gasteiger partial charge in [-0.3, -0.25) is 14.4 Å². The number of nitrogens with one attached hydrogen (secondary N) is 2. The van der Waals surface area contributed by atoms with E-state index < -0.39 is 18.0 Å². The molecule has 7 nitrogen and oxygen atoms in total. The molecule has 1 saturated carbocycles. The van der Waals surface area contributed by atoms with Gasteiger partial charge in [-0.15, -0.1) is 0 Å². The van der Waals surface area contributed by atoms with Crippen molar-refractivity contribution < 1.29 is 19.1 Å². The maximum absolute atomic E-state index is 12.9. The first-order valence-corrected chi connectivity index (χ1v) is 9.92. The van der Waals surface area contributed by atoms with Gasteiger partial charge in [-0.25, -0.2) is 0 Å². The van der Waals surface area contributed by atoms with Gasteiger partial charge in [0.15, 0.2) is 5.78 Å². The van der Waals surface area contributed by atoms with Gasteiger partial charge in [0, 0.05) is 5.56 Å². The zero-order chi connectivity index (χ0) is 20.3. The van der Waals surface area contributed by atoms with Crippen LogP contribution in [0.1, 0.15) is 49.4 Å². The van der Waals surface area contributed by atoms with Crippen LogP contribution in [-0.4, -0.2) is 42.9 Å².